The number of oxazole rings is 1. The van der Waals surface area contributed by atoms with Crippen molar-refractivity contribution >= 4 is 5.91 Å². The van der Waals surface area contributed by atoms with Gasteiger partial charge in [-0.15, -0.1) is 0 Å². The molecule has 0 unspecified atom stereocenters. The number of hydrogen-bond donors (Lipinski definition) is 0. The van der Waals surface area contributed by atoms with Crippen LogP contribution < -0.4 is 0 Å². The number of aryl methyl sites for hydroxylation is 2. The van der Waals surface area contributed by atoms with Crippen molar-refractivity contribution in [2.75, 3.05) is 6.54 Å². The normalized spacial score (nSPS) is 16.7. The lowest BCUT2D eigenvalue weighted by Crippen LogP contribution is -2.34. The van der Waals surface area contributed by atoms with E-state index >= 15 is 0 Å². The van der Waals surface area contributed by atoms with E-state index in [9.17, 15) is 9.18 Å². The van der Waals surface area contributed by atoms with Gasteiger partial charge in [0, 0.05) is 18.7 Å². The van der Waals surface area contributed by atoms with Gasteiger partial charge >= 0.3 is 0 Å². The highest BCUT2D eigenvalue weighted by atomic mass is 19.1. The predicted molar refractivity (Wildman–Crippen MR) is 101 cm³/mol. The molecule has 3 aromatic rings. The third-order valence-electron chi connectivity index (χ3n) is 5.11. The molecule has 7 heteroatoms. The predicted octanol–water partition coefficient (Wildman–Crippen LogP) is 3.58. The van der Waals surface area contributed by atoms with E-state index in [1.807, 2.05) is 24.8 Å². The molecule has 3 heterocycles. The van der Waals surface area contributed by atoms with Crippen LogP contribution >= 0.6 is 0 Å². The first-order chi connectivity index (χ1) is 13.5. The minimum atomic E-state index is -0.260. The maximum Gasteiger partial charge on any atom is 0.244 e. The molecule has 28 heavy (non-hydrogen) atoms. The standard InChI is InChI=1S/C21H23FN4O2/c1-14-10-15(2)26(24-14)13-20(27)25-9-3-4-19(25)21-23-12-18(28-21)11-16-5-7-17(22)8-6-16/h5-8,10,12,19H,3-4,9,11,13H2,1-2H3/t19-/m1/s1. The van der Waals surface area contributed by atoms with Crippen molar-refractivity contribution < 1.29 is 13.6 Å². The molecule has 0 bridgehead atoms. The Morgan fingerprint density at radius 3 is 2.79 bits per heavy atom. The Hall–Kier alpha value is -2.96. The van der Waals surface area contributed by atoms with Crippen LogP contribution in [0.5, 0.6) is 0 Å². The van der Waals surface area contributed by atoms with Crippen LogP contribution in [0.2, 0.25) is 0 Å². The van der Waals surface area contributed by atoms with Crippen LogP contribution in [0.15, 0.2) is 40.9 Å². The summed E-state index contributed by atoms with van der Waals surface area (Å²) in [5.41, 5.74) is 2.83. The number of rotatable bonds is 5. The summed E-state index contributed by atoms with van der Waals surface area (Å²) < 4.78 is 20.7. The van der Waals surface area contributed by atoms with E-state index in [0.29, 0.717) is 24.6 Å². The van der Waals surface area contributed by atoms with Gasteiger partial charge in [-0.1, -0.05) is 12.1 Å². The molecule has 1 fully saturated rings. The SMILES string of the molecule is Cc1cc(C)n(CC(=O)N2CCC[C@@H]2c2ncc(Cc3ccc(F)cc3)o2)n1. The molecule has 6 nitrogen and oxygen atoms in total. The Balaban J connectivity index is 1.46. The molecule has 2 aromatic heterocycles. The fraction of sp³-hybridized carbons (Fsp3) is 0.381. The van der Waals surface area contributed by atoms with Crippen LogP contribution in [0.3, 0.4) is 0 Å². The van der Waals surface area contributed by atoms with Crippen LogP contribution in [0.1, 0.15) is 47.5 Å². The lowest BCUT2D eigenvalue weighted by molar-refractivity contribution is -0.133. The zero-order chi connectivity index (χ0) is 19.7. The quantitative estimate of drug-likeness (QED) is 0.677. The number of aromatic nitrogens is 3. The summed E-state index contributed by atoms with van der Waals surface area (Å²) in [6.07, 6.45) is 3.99. The summed E-state index contributed by atoms with van der Waals surface area (Å²) in [4.78, 5) is 19.1. The number of hydrogen-bond acceptors (Lipinski definition) is 4. The smallest absolute Gasteiger partial charge is 0.244 e. The number of amides is 1. The summed E-state index contributed by atoms with van der Waals surface area (Å²) in [6, 6.07) is 8.15. The largest absolute Gasteiger partial charge is 0.443 e. The molecule has 1 saturated heterocycles. The second kappa shape index (κ2) is 7.58. The molecule has 146 valence electrons. The fourth-order valence-electron chi connectivity index (χ4n) is 3.74. The summed E-state index contributed by atoms with van der Waals surface area (Å²) in [6.45, 7) is 4.78. The average molecular weight is 382 g/mol. The number of carbonyl (C=O) groups is 1. The van der Waals surface area contributed by atoms with Crippen LogP contribution in [0.25, 0.3) is 0 Å². The van der Waals surface area contributed by atoms with Gasteiger partial charge < -0.3 is 9.32 Å². The maximum atomic E-state index is 13.1. The van der Waals surface area contributed by atoms with Crippen molar-refractivity contribution in [3.63, 3.8) is 0 Å². The number of benzene rings is 1. The Labute approximate surface area is 163 Å². The molecule has 0 aliphatic carbocycles. The lowest BCUT2D eigenvalue weighted by Gasteiger charge is -2.22. The van der Waals surface area contributed by atoms with Gasteiger partial charge in [-0.2, -0.15) is 5.10 Å². The van der Waals surface area contributed by atoms with Gasteiger partial charge in [0.15, 0.2) is 0 Å². The van der Waals surface area contributed by atoms with Gasteiger partial charge in [-0.05, 0) is 50.5 Å². The average Bonchev–Trinajstić information content (AvgIpc) is 3.37. The summed E-state index contributed by atoms with van der Waals surface area (Å²) in [5.74, 6) is 1.03. The van der Waals surface area contributed by atoms with Crippen LogP contribution in [-0.4, -0.2) is 32.1 Å². The molecule has 0 radical (unpaired) electrons. The highest BCUT2D eigenvalue weighted by molar-refractivity contribution is 5.76. The van der Waals surface area contributed by atoms with Gasteiger partial charge in [0.2, 0.25) is 11.8 Å². The fourth-order valence-corrected chi connectivity index (χ4v) is 3.74. The third-order valence-corrected chi connectivity index (χ3v) is 5.11. The van der Waals surface area contributed by atoms with Crippen molar-refractivity contribution in [3.05, 3.63) is 70.9 Å². The molecule has 1 aliphatic rings. The monoisotopic (exact) mass is 382 g/mol. The summed E-state index contributed by atoms with van der Waals surface area (Å²) in [5, 5.41) is 4.38. The number of nitrogens with zero attached hydrogens (tertiary/aromatic N) is 4. The van der Waals surface area contributed by atoms with E-state index in [2.05, 4.69) is 10.1 Å². The number of carbonyl (C=O) groups excluding carboxylic acids is 1. The van der Waals surface area contributed by atoms with Crippen molar-refractivity contribution in [2.45, 2.75) is 45.7 Å². The van der Waals surface area contributed by atoms with Gasteiger partial charge in [0.1, 0.15) is 24.2 Å². The van der Waals surface area contributed by atoms with E-state index < -0.39 is 0 Å². The van der Waals surface area contributed by atoms with Crippen molar-refractivity contribution in [1.29, 1.82) is 0 Å². The molecular formula is C21H23FN4O2. The van der Waals surface area contributed by atoms with E-state index in [0.717, 1.165) is 29.8 Å². The van der Waals surface area contributed by atoms with Gasteiger partial charge in [-0.3, -0.25) is 9.48 Å². The second-order valence-electron chi connectivity index (χ2n) is 7.30. The zero-order valence-corrected chi connectivity index (χ0v) is 16.1. The molecule has 4 rings (SSSR count). The van der Waals surface area contributed by atoms with E-state index in [-0.39, 0.29) is 24.3 Å². The van der Waals surface area contributed by atoms with Crippen LogP contribution in [-0.2, 0) is 17.8 Å². The Bertz CT molecular complexity index is 977. The minimum Gasteiger partial charge on any atom is -0.443 e. The van der Waals surface area contributed by atoms with E-state index in [4.69, 9.17) is 4.42 Å². The first-order valence-electron chi connectivity index (χ1n) is 9.49. The lowest BCUT2D eigenvalue weighted by atomic mass is 10.1. The van der Waals surface area contributed by atoms with Crippen LogP contribution in [0, 0.1) is 19.7 Å². The highest BCUT2D eigenvalue weighted by Crippen LogP contribution is 2.32. The number of halogens is 1. The number of likely N-dealkylation sites (tertiary alicyclic amines) is 1. The third kappa shape index (κ3) is 3.83. The second-order valence-corrected chi connectivity index (χ2v) is 7.30. The molecule has 0 saturated carbocycles. The topological polar surface area (TPSA) is 64.2 Å². The molecular weight excluding hydrogens is 359 g/mol. The Kier molecular flexibility index (Phi) is 4.98. The van der Waals surface area contributed by atoms with Crippen molar-refractivity contribution in [2.24, 2.45) is 0 Å². The first kappa shape index (κ1) is 18.4. The van der Waals surface area contributed by atoms with E-state index in [1.54, 1.807) is 23.0 Å². The molecule has 1 amide bonds. The zero-order valence-electron chi connectivity index (χ0n) is 16.1. The first-order valence-corrected chi connectivity index (χ1v) is 9.49. The van der Waals surface area contributed by atoms with Gasteiger partial charge in [0.25, 0.3) is 0 Å². The maximum absolute atomic E-state index is 13.1. The molecule has 0 N–H and O–H groups in total. The molecule has 1 aromatic carbocycles. The minimum absolute atomic E-state index is 0.0204. The summed E-state index contributed by atoms with van der Waals surface area (Å²) in [7, 11) is 0. The van der Waals surface area contributed by atoms with Gasteiger partial charge in [-0.25, -0.2) is 9.37 Å². The van der Waals surface area contributed by atoms with Crippen LogP contribution in [0.4, 0.5) is 4.39 Å². The van der Waals surface area contributed by atoms with Crippen molar-refractivity contribution in [1.82, 2.24) is 19.7 Å². The molecule has 1 atom stereocenters. The molecule has 1 aliphatic heterocycles. The Morgan fingerprint density at radius 2 is 2.07 bits per heavy atom. The van der Waals surface area contributed by atoms with Crippen molar-refractivity contribution in [3.8, 4) is 0 Å². The molecule has 0 spiro atoms. The van der Waals surface area contributed by atoms with E-state index in [1.165, 1.54) is 12.1 Å². The van der Waals surface area contributed by atoms with Gasteiger partial charge in [0.05, 0.1) is 11.9 Å². The Morgan fingerprint density at radius 1 is 1.29 bits per heavy atom. The highest BCUT2D eigenvalue weighted by Gasteiger charge is 2.33. The summed E-state index contributed by atoms with van der Waals surface area (Å²) >= 11 is 0.